The number of aryl methyl sites for hydroxylation is 1. The lowest BCUT2D eigenvalue weighted by Crippen LogP contribution is -2.09. The van der Waals surface area contributed by atoms with Gasteiger partial charge in [0.25, 0.3) is 0 Å². The van der Waals surface area contributed by atoms with E-state index in [9.17, 15) is 0 Å². The number of halogens is 2. The minimum absolute atomic E-state index is 0.0920. The highest BCUT2D eigenvalue weighted by atomic mass is 35.5. The first-order valence-corrected chi connectivity index (χ1v) is 6.89. The van der Waals surface area contributed by atoms with Gasteiger partial charge in [-0.25, -0.2) is 9.97 Å². The second-order valence-corrected chi connectivity index (χ2v) is 5.09. The minimum Gasteiger partial charge on any atom is -0.363 e. The fraction of sp³-hybridized carbons (Fsp3) is 0.286. The van der Waals surface area contributed by atoms with Crippen LogP contribution in [0.25, 0.3) is 0 Å². The summed E-state index contributed by atoms with van der Waals surface area (Å²) in [5, 5.41) is 4.48. The molecule has 1 aromatic heterocycles. The van der Waals surface area contributed by atoms with Crippen molar-refractivity contribution in [2.75, 3.05) is 5.32 Å². The normalized spacial score (nSPS) is 12.2. The van der Waals surface area contributed by atoms with Gasteiger partial charge < -0.3 is 5.32 Å². The van der Waals surface area contributed by atoms with E-state index in [-0.39, 0.29) is 6.04 Å². The van der Waals surface area contributed by atoms with E-state index in [1.54, 1.807) is 6.07 Å². The molecule has 1 N–H and O–H groups in total. The van der Waals surface area contributed by atoms with Crippen LogP contribution in [0.2, 0.25) is 10.2 Å². The molecule has 0 radical (unpaired) electrons. The Morgan fingerprint density at radius 2 is 2.00 bits per heavy atom. The van der Waals surface area contributed by atoms with Gasteiger partial charge in [0.1, 0.15) is 16.8 Å². The summed E-state index contributed by atoms with van der Waals surface area (Å²) in [5.74, 6) is 1.46. The zero-order valence-electron chi connectivity index (χ0n) is 10.8. The van der Waals surface area contributed by atoms with Crippen molar-refractivity contribution in [3.8, 4) is 0 Å². The lowest BCUT2D eigenvalue weighted by molar-refractivity contribution is 0.857. The lowest BCUT2D eigenvalue weighted by Gasteiger charge is -2.15. The third kappa shape index (κ3) is 3.82. The van der Waals surface area contributed by atoms with Crippen molar-refractivity contribution in [1.29, 1.82) is 0 Å². The molecular weight excluding hydrogens is 281 g/mol. The molecular formula is C14H15Cl2N3. The van der Waals surface area contributed by atoms with Crippen LogP contribution in [-0.4, -0.2) is 9.97 Å². The van der Waals surface area contributed by atoms with E-state index in [1.807, 2.05) is 38.1 Å². The summed E-state index contributed by atoms with van der Waals surface area (Å²) in [6, 6.07) is 9.56. The smallest absolute Gasteiger partial charge is 0.134 e. The molecule has 0 aliphatic rings. The second kappa shape index (κ2) is 6.22. The second-order valence-electron chi connectivity index (χ2n) is 4.27. The maximum absolute atomic E-state index is 5.99. The molecule has 19 heavy (non-hydrogen) atoms. The van der Waals surface area contributed by atoms with Gasteiger partial charge >= 0.3 is 0 Å². The first kappa shape index (κ1) is 14.1. The number of hydrogen-bond donors (Lipinski definition) is 1. The zero-order chi connectivity index (χ0) is 13.8. The molecule has 1 heterocycles. The average molecular weight is 296 g/mol. The van der Waals surface area contributed by atoms with Crippen molar-refractivity contribution in [1.82, 2.24) is 9.97 Å². The molecule has 1 unspecified atom stereocenters. The van der Waals surface area contributed by atoms with Gasteiger partial charge in [0, 0.05) is 23.6 Å². The van der Waals surface area contributed by atoms with Crippen LogP contribution in [0.15, 0.2) is 30.3 Å². The third-order valence-corrected chi connectivity index (χ3v) is 3.20. The first-order valence-electron chi connectivity index (χ1n) is 6.14. The highest BCUT2D eigenvalue weighted by molar-refractivity contribution is 6.30. The van der Waals surface area contributed by atoms with Gasteiger partial charge in [-0.3, -0.25) is 0 Å². The monoisotopic (exact) mass is 295 g/mol. The van der Waals surface area contributed by atoms with Crippen LogP contribution < -0.4 is 5.32 Å². The van der Waals surface area contributed by atoms with Gasteiger partial charge in [-0.05, 0) is 24.6 Å². The molecule has 100 valence electrons. The van der Waals surface area contributed by atoms with E-state index < -0.39 is 0 Å². The fourth-order valence-corrected chi connectivity index (χ4v) is 2.18. The van der Waals surface area contributed by atoms with Crippen molar-refractivity contribution in [2.24, 2.45) is 0 Å². The Balaban J connectivity index is 2.18. The summed E-state index contributed by atoms with van der Waals surface area (Å²) in [4.78, 5) is 8.54. The first-order chi connectivity index (χ1) is 9.08. The van der Waals surface area contributed by atoms with Crippen molar-refractivity contribution in [2.45, 2.75) is 26.3 Å². The Kier molecular flexibility index (Phi) is 4.61. The van der Waals surface area contributed by atoms with Crippen LogP contribution in [0.5, 0.6) is 0 Å². The number of anilines is 1. The predicted molar refractivity (Wildman–Crippen MR) is 79.9 cm³/mol. The average Bonchev–Trinajstić information content (AvgIpc) is 2.38. The molecule has 3 nitrogen and oxygen atoms in total. The molecule has 1 atom stereocenters. The van der Waals surface area contributed by atoms with E-state index in [4.69, 9.17) is 23.2 Å². The molecule has 5 heteroatoms. The van der Waals surface area contributed by atoms with Crippen LogP contribution in [0.1, 0.15) is 31.3 Å². The molecule has 0 amide bonds. The molecule has 0 fully saturated rings. The van der Waals surface area contributed by atoms with E-state index in [1.165, 1.54) is 0 Å². The molecule has 0 spiro atoms. The standard InChI is InChI=1S/C14H15Cl2N3/c1-3-13-18-12(16)8-14(19-13)17-9(2)10-5-4-6-11(15)7-10/h4-9H,3H2,1-2H3,(H,17,18,19). The van der Waals surface area contributed by atoms with Crippen LogP contribution in [0, 0.1) is 0 Å². The van der Waals surface area contributed by atoms with E-state index >= 15 is 0 Å². The molecule has 1 aromatic carbocycles. The van der Waals surface area contributed by atoms with Crippen LogP contribution >= 0.6 is 23.2 Å². The quantitative estimate of drug-likeness (QED) is 0.843. The third-order valence-electron chi connectivity index (χ3n) is 2.77. The Bertz CT molecular complexity index is 572. The topological polar surface area (TPSA) is 37.8 Å². The Morgan fingerprint density at radius 1 is 1.21 bits per heavy atom. The summed E-state index contributed by atoms with van der Waals surface area (Å²) in [6.45, 7) is 4.04. The van der Waals surface area contributed by atoms with Gasteiger partial charge in [-0.2, -0.15) is 0 Å². The number of rotatable bonds is 4. The largest absolute Gasteiger partial charge is 0.363 e. The summed E-state index contributed by atoms with van der Waals surface area (Å²) < 4.78 is 0. The molecule has 0 saturated carbocycles. The van der Waals surface area contributed by atoms with Gasteiger partial charge in [0.2, 0.25) is 0 Å². The highest BCUT2D eigenvalue weighted by Crippen LogP contribution is 2.22. The maximum Gasteiger partial charge on any atom is 0.134 e. The number of hydrogen-bond acceptors (Lipinski definition) is 3. The zero-order valence-corrected chi connectivity index (χ0v) is 12.3. The summed E-state index contributed by atoms with van der Waals surface area (Å²) in [6.07, 6.45) is 0.751. The highest BCUT2D eigenvalue weighted by Gasteiger charge is 2.08. The summed E-state index contributed by atoms with van der Waals surface area (Å²) in [7, 11) is 0. The van der Waals surface area contributed by atoms with E-state index in [0.29, 0.717) is 5.15 Å². The Morgan fingerprint density at radius 3 is 2.68 bits per heavy atom. The summed E-state index contributed by atoms with van der Waals surface area (Å²) in [5.41, 5.74) is 1.10. The Hall–Kier alpha value is -1.32. The molecule has 2 aromatic rings. The minimum atomic E-state index is 0.0920. The van der Waals surface area contributed by atoms with Crippen LogP contribution in [0.3, 0.4) is 0 Å². The molecule has 0 bridgehead atoms. The fourth-order valence-electron chi connectivity index (χ4n) is 1.78. The summed E-state index contributed by atoms with van der Waals surface area (Å²) >= 11 is 12.0. The number of benzene rings is 1. The molecule has 0 saturated heterocycles. The Labute approximate surface area is 123 Å². The predicted octanol–water partition coefficient (Wildman–Crippen LogP) is 4.52. The van der Waals surface area contributed by atoms with Gasteiger partial charge in [-0.1, -0.05) is 42.3 Å². The van der Waals surface area contributed by atoms with Crippen molar-refractivity contribution >= 4 is 29.0 Å². The number of aromatic nitrogens is 2. The van der Waals surface area contributed by atoms with Crippen LogP contribution in [-0.2, 0) is 6.42 Å². The van der Waals surface area contributed by atoms with E-state index in [0.717, 1.165) is 28.6 Å². The van der Waals surface area contributed by atoms with Crippen LogP contribution in [0.4, 0.5) is 5.82 Å². The van der Waals surface area contributed by atoms with Crippen molar-refractivity contribution in [3.05, 3.63) is 51.9 Å². The number of nitrogens with one attached hydrogen (secondary N) is 1. The molecule has 0 aliphatic carbocycles. The van der Waals surface area contributed by atoms with Gasteiger partial charge in [0.05, 0.1) is 0 Å². The van der Waals surface area contributed by atoms with Gasteiger partial charge in [-0.15, -0.1) is 0 Å². The maximum atomic E-state index is 5.99. The SMILES string of the molecule is CCc1nc(Cl)cc(NC(C)c2cccc(Cl)c2)n1. The lowest BCUT2D eigenvalue weighted by atomic mass is 10.1. The van der Waals surface area contributed by atoms with Crippen molar-refractivity contribution in [3.63, 3.8) is 0 Å². The molecule has 2 rings (SSSR count). The number of nitrogens with zero attached hydrogens (tertiary/aromatic N) is 2. The molecule has 0 aliphatic heterocycles. The van der Waals surface area contributed by atoms with E-state index in [2.05, 4.69) is 15.3 Å². The van der Waals surface area contributed by atoms with Gasteiger partial charge in [0.15, 0.2) is 0 Å². The van der Waals surface area contributed by atoms with Crippen molar-refractivity contribution < 1.29 is 0 Å².